The van der Waals surface area contributed by atoms with Crippen LogP contribution in [-0.2, 0) is 4.79 Å². The first kappa shape index (κ1) is 13.1. The highest BCUT2D eigenvalue weighted by Crippen LogP contribution is 2.27. The van der Waals surface area contributed by atoms with E-state index >= 15 is 0 Å². The zero-order valence-electron chi connectivity index (χ0n) is 10.7. The Bertz CT molecular complexity index is 433. The van der Waals surface area contributed by atoms with Crippen molar-refractivity contribution in [1.29, 1.82) is 0 Å². The zero-order chi connectivity index (χ0) is 13.1. The average Bonchev–Trinajstić information content (AvgIpc) is 2.74. The number of carbonyl (C=O) groups excluding carboxylic acids is 1. The molecule has 4 heteroatoms. The average molecular weight is 249 g/mol. The Morgan fingerprint density at radius 1 is 1.50 bits per heavy atom. The number of esters is 1. The number of aliphatic hydroxyl groups excluding tert-OH is 1. The van der Waals surface area contributed by atoms with Crippen molar-refractivity contribution in [3.05, 3.63) is 29.8 Å². The lowest BCUT2D eigenvalue weighted by atomic mass is 10.0. The first-order valence-electron chi connectivity index (χ1n) is 6.29. The maximum Gasteiger partial charge on any atom is 0.308 e. The largest absolute Gasteiger partial charge is 0.427 e. The summed E-state index contributed by atoms with van der Waals surface area (Å²) < 4.78 is 5.02. The van der Waals surface area contributed by atoms with Gasteiger partial charge < -0.3 is 15.2 Å². The molecule has 1 aliphatic heterocycles. The van der Waals surface area contributed by atoms with Gasteiger partial charge in [-0.1, -0.05) is 12.1 Å². The van der Waals surface area contributed by atoms with E-state index in [-0.39, 0.29) is 12.0 Å². The van der Waals surface area contributed by atoms with E-state index in [1.807, 2.05) is 6.07 Å². The predicted octanol–water partition coefficient (Wildman–Crippen LogP) is 1.79. The van der Waals surface area contributed by atoms with E-state index in [9.17, 15) is 9.90 Å². The van der Waals surface area contributed by atoms with E-state index in [1.165, 1.54) is 6.92 Å². The number of hydrogen-bond acceptors (Lipinski definition) is 4. The summed E-state index contributed by atoms with van der Waals surface area (Å²) in [7, 11) is 0. The molecule has 3 atom stereocenters. The van der Waals surface area contributed by atoms with Crippen LogP contribution in [0.1, 0.15) is 38.4 Å². The maximum atomic E-state index is 10.9. The van der Waals surface area contributed by atoms with Gasteiger partial charge in [0.25, 0.3) is 0 Å². The van der Waals surface area contributed by atoms with E-state index in [0.717, 1.165) is 18.4 Å². The van der Waals surface area contributed by atoms with E-state index in [2.05, 4.69) is 12.2 Å². The number of rotatable bonds is 3. The first-order chi connectivity index (χ1) is 8.56. The molecule has 0 radical (unpaired) electrons. The molecule has 4 nitrogen and oxygen atoms in total. The van der Waals surface area contributed by atoms with Crippen molar-refractivity contribution >= 4 is 5.97 Å². The van der Waals surface area contributed by atoms with Crippen LogP contribution >= 0.6 is 0 Å². The molecule has 1 saturated heterocycles. The van der Waals surface area contributed by atoms with Crippen molar-refractivity contribution < 1.29 is 14.6 Å². The maximum absolute atomic E-state index is 10.9. The Balaban J connectivity index is 2.10. The van der Waals surface area contributed by atoms with Gasteiger partial charge in [0.2, 0.25) is 0 Å². The summed E-state index contributed by atoms with van der Waals surface area (Å²) in [5, 5.41) is 13.6. The molecule has 0 unspecified atom stereocenters. The Hall–Kier alpha value is -1.39. The molecule has 2 N–H and O–H groups in total. The molecule has 1 heterocycles. The zero-order valence-corrected chi connectivity index (χ0v) is 10.7. The molecule has 0 bridgehead atoms. The van der Waals surface area contributed by atoms with E-state index in [4.69, 9.17) is 4.74 Å². The van der Waals surface area contributed by atoms with Gasteiger partial charge in [0.15, 0.2) is 0 Å². The van der Waals surface area contributed by atoms with Crippen molar-refractivity contribution in [2.75, 3.05) is 0 Å². The lowest BCUT2D eigenvalue weighted by Gasteiger charge is -2.20. The third-order valence-electron chi connectivity index (χ3n) is 3.25. The molecule has 98 valence electrons. The van der Waals surface area contributed by atoms with Gasteiger partial charge in [0.05, 0.1) is 6.10 Å². The second-order valence-electron chi connectivity index (χ2n) is 4.86. The fourth-order valence-corrected chi connectivity index (χ4v) is 2.37. The van der Waals surface area contributed by atoms with Crippen LogP contribution in [0.4, 0.5) is 0 Å². The van der Waals surface area contributed by atoms with Gasteiger partial charge in [-0.25, -0.2) is 0 Å². The van der Waals surface area contributed by atoms with Crippen LogP contribution in [0.15, 0.2) is 24.3 Å². The minimum atomic E-state index is -0.564. The standard InChI is InChI=1S/C14H19NO3/c1-9-6-7-13(15-9)14(17)11-4-3-5-12(8-11)18-10(2)16/h3-5,8-9,13-15,17H,6-7H2,1-2H3/t9-,13-,14+/m1/s1. The number of carbonyl (C=O) groups is 1. The normalized spacial score (nSPS) is 24.8. The van der Waals surface area contributed by atoms with Gasteiger partial charge in [-0.2, -0.15) is 0 Å². The second kappa shape index (κ2) is 5.50. The minimum absolute atomic E-state index is 0.0765. The van der Waals surface area contributed by atoms with Gasteiger partial charge in [-0.3, -0.25) is 4.79 Å². The summed E-state index contributed by atoms with van der Waals surface area (Å²) in [5.41, 5.74) is 0.778. The molecule has 1 aromatic rings. The molecule has 1 aromatic carbocycles. The molecule has 0 amide bonds. The Kier molecular flexibility index (Phi) is 3.99. The highest BCUT2D eigenvalue weighted by molar-refractivity contribution is 5.69. The molecule has 0 aliphatic carbocycles. The third kappa shape index (κ3) is 3.09. The van der Waals surface area contributed by atoms with Crippen LogP contribution in [0.5, 0.6) is 5.75 Å². The van der Waals surface area contributed by atoms with E-state index < -0.39 is 6.10 Å². The molecular weight excluding hydrogens is 230 g/mol. The molecule has 0 spiro atoms. The fourth-order valence-electron chi connectivity index (χ4n) is 2.37. The smallest absolute Gasteiger partial charge is 0.308 e. The number of nitrogens with one attached hydrogen (secondary N) is 1. The van der Waals surface area contributed by atoms with Crippen LogP contribution in [0.25, 0.3) is 0 Å². The molecule has 2 rings (SSSR count). The van der Waals surface area contributed by atoms with Crippen molar-refractivity contribution in [3.63, 3.8) is 0 Å². The Labute approximate surface area is 107 Å². The first-order valence-corrected chi connectivity index (χ1v) is 6.29. The summed E-state index contributed by atoms with van der Waals surface area (Å²) >= 11 is 0. The van der Waals surface area contributed by atoms with Gasteiger partial charge in [0.1, 0.15) is 5.75 Å². The van der Waals surface area contributed by atoms with Gasteiger partial charge in [0, 0.05) is 19.0 Å². The summed E-state index contributed by atoms with van der Waals surface area (Å²) in [6.07, 6.45) is 1.47. The van der Waals surface area contributed by atoms with Gasteiger partial charge in [-0.15, -0.1) is 0 Å². The van der Waals surface area contributed by atoms with Crippen LogP contribution in [0.2, 0.25) is 0 Å². The Morgan fingerprint density at radius 3 is 2.89 bits per heavy atom. The highest BCUT2D eigenvalue weighted by atomic mass is 16.5. The predicted molar refractivity (Wildman–Crippen MR) is 68.3 cm³/mol. The summed E-state index contributed by atoms with van der Waals surface area (Å²) in [5.74, 6) is 0.124. The van der Waals surface area contributed by atoms with Crippen LogP contribution in [0, 0.1) is 0 Å². The van der Waals surface area contributed by atoms with Crippen molar-refractivity contribution in [3.8, 4) is 5.75 Å². The molecule has 18 heavy (non-hydrogen) atoms. The highest BCUT2D eigenvalue weighted by Gasteiger charge is 2.27. The second-order valence-corrected chi connectivity index (χ2v) is 4.86. The van der Waals surface area contributed by atoms with Crippen LogP contribution in [-0.4, -0.2) is 23.2 Å². The van der Waals surface area contributed by atoms with Gasteiger partial charge in [-0.05, 0) is 37.5 Å². The van der Waals surface area contributed by atoms with Gasteiger partial charge >= 0.3 is 5.97 Å². The minimum Gasteiger partial charge on any atom is -0.427 e. The SMILES string of the molecule is CC(=O)Oc1cccc([C@H](O)[C@H]2CC[C@@H](C)N2)c1. The summed E-state index contributed by atoms with van der Waals surface area (Å²) in [4.78, 5) is 10.9. The molecular formula is C14H19NO3. The molecule has 1 fully saturated rings. The van der Waals surface area contributed by atoms with Crippen molar-refractivity contribution in [2.24, 2.45) is 0 Å². The number of aliphatic hydroxyl groups is 1. The summed E-state index contributed by atoms with van der Waals surface area (Å²) in [6.45, 7) is 3.48. The topological polar surface area (TPSA) is 58.6 Å². The number of ether oxygens (including phenoxy) is 1. The lowest BCUT2D eigenvalue weighted by molar-refractivity contribution is -0.131. The molecule has 1 aliphatic rings. The third-order valence-corrected chi connectivity index (χ3v) is 3.25. The molecule has 0 saturated carbocycles. The van der Waals surface area contributed by atoms with Crippen LogP contribution in [0.3, 0.4) is 0 Å². The van der Waals surface area contributed by atoms with Crippen molar-refractivity contribution in [1.82, 2.24) is 5.32 Å². The number of benzene rings is 1. The van der Waals surface area contributed by atoms with Crippen LogP contribution < -0.4 is 10.1 Å². The van der Waals surface area contributed by atoms with E-state index in [0.29, 0.717) is 11.8 Å². The fraction of sp³-hybridized carbons (Fsp3) is 0.500. The Morgan fingerprint density at radius 2 is 2.28 bits per heavy atom. The summed E-state index contributed by atoms with van der Waals surface area (Å²) in [6, 6.07) is 7.59. The quantitative estimate of drug-likeness (QED) is 0.633. The number of hydrogen-bond donors (Lipinski definition) is 2. The monoisotopic (exact) mass is 249 g/mol. The van der Waals surface area contributed by atoms with E-state index in [1.54, 1.807) is 18.2 Å². The molecule has 0 aromatic heterocycles. The van der Waals surface area contributed by atoms with Crippen molar-refractivity contribution in [2.45, 2.75) is 44.9 Å². The lowest BCUT2D eigenvalue weighted by Crippen LogP contribution is -2.32.